The maximum absolute atomic E-state index is 11.8. The van der Waals surface area contributed by atoms with Crippen LogP contribution in [0.3, 0.4) is 0 Å². The van der Waals surface area contributed by atoms with Gasteiger partial charge < -0.3 is 14.6 Å². The molecule has 0 aliphatic heterocycles. The SMILES string of the molecule is Cc1oncc1C(=O)NC[C@H](C)Oc1cccnc1. The third-order valence-electron chi connectivity index (χ3n) is 2.52. The fourth-order valence-corrected chi connectivity index (χ4v) is 1.54. The second-order valence-corrected chi connectivity index (χ2v) is 4.12. The highest BCUT2D eigenvalue weighted by Gasteiger charge is 2.13. The van der Waals surface area contributed by atoms with E-state index in [2.05, 4.69) is 15.5 Å². The maximum Gasteiger partial charge on any atom is 0.256 e. The number of ether oxygens (including phenoxy) is 1. The van der Waals surface area contributed by atoms with E-state index in [0.29, 0.717) is 23.6 Å². The molecule has 0 fully saturated rings. The molecule has 0 saturated heterocycles. The first-order valence-electron chi connectivity index (χ1n) is 5.93. The van der Waals surface area contributed by atoms with Crippen molar-refractivity contribution in [2.24, 2.45) is 0 Å². The summed E-state index contributed by atoms with van der Waals surface area (Å²) in [7, 11) is 0. The number of nitrogens with one attached hydrogen (secondary N) is 1. The van der Waals surface area contributed by atoms with Gasteiger partial charge in [0.2, 0.25) is 0 Å². The van der Waals surface area contributed by atoms with Crippen molar-refractivity contribution >= 4 is 5.91 Å². The number of hydrogen-bond donors (Lipinski definition) is 1. The zero-order valence-electron chi connectivity index (χ0n) is 10.8. The summed E-state index contributed by atoms with van der Waals surface area (Å²) in [5, 5.41) is 6.32. The van der Waals surface area contributed by atoms with Crippen LogP contribution in [0.15, 0.2) is 35.2 Å². The summed E-state index contributed by atoms with van der Waals surface area (Å²) in [5.41, 5.74) is 0.438. The van der Waals surface area contributed by atoms with E-state index in [1.54, 1.807) is 25.4 Å². The molecule has 0 bridgehead atoms. The predicted molar refractivity (Wildman–Crippen MR) is 67.9 cm³/mol. The average molecular weight is 261 g/mol. The van der Waals surface area contributed by atoms with Gasteiger partial charge in [0.25, 0.3) is 5.91 Å². The topological polar surface area (TPSA) is 77.2 Å². The molecule has 2 heterocycles. The second kappa shape index (κ2) is 5.99. The Kier molecular flexibility index (Phi) is 4.12. The molecule has 6 heteroatoms. The van der Waals surface area contributed by atoms with Crippen LogP contribution in [0.4, 0.5) is 0 Å². The number of carbonyl (C=O) groups excluding carboxylic acids is 1. The van der Waals surface area contributed by atoms with Crippen molar-refractivity contribution in [2.45, 2.75) is 20.0 Å². The largest absolute Gasteiger partial charge is 0.487 e. The molecule has 0 aliphatic carbocycles. The van der Waals surface area contributed by atoms with Crippen LogP contribution in [-0.4, -0.2) is 28.7 Å². The molecule has 0 radical (unpaired) electrons. The van der Waals surface area contributed by atoms with E-state index in [0.717, 1.165) is 0 Å². The molecule has 6 nitrogen and oxygen atoms in total. The van der Waals surface area contributed by atoms with Gasteiger partial charge in [0.05, 0.1) is 18.9 Å². The number of carbonyl (C=O) groups is 1. The normalized spacial score (nSPS) is 11.9. The van der Waals surface area contributed by atoms with E-state index in [-0.39, 0.29) is 12.0 Å². The molecule has 19 heavy (non-hydrogen) atoms. The molecule has 1 N–H and O–H groups in total. The van der Waals surface area contributed by atoms with Crippen LogP contribution in [-0.2, 0) is 0 Å². The lowest BCUT2D eigenvalue weighted by Crippen LogP contribution is -2.33. The van der Waals surface area contributed by atoms with Crippen LogP contribution in [0.25, 0.3) is 0 Å². The van der Waals surface area contributed by atoms with E-state index >= 15 is 0 Å². The number of nitrogens with zero attached hydrogens (tertiary/aromatic N) is 2. The van der Waals surface area contributed by atoms with Crippen molar-refractivity contribution < 1.29 is 14.1 Å². The Morgan fingerprint density at radius 2 is 2.37 bits per heavy atom. The van der Waals surface area contributed by atoms with Gasteiger partial charge in [-0.25, -0.2) is 0 Å². The van der Waals surface area contributed by atoms with Gasteiger partial charge in [-0.2, -0.15) is 0 Å². The minimum atomic E-state index is -0.222. The summed E-state index contributed by atoms with van der Waals surface area (Å²) >= 11 is 0. The molecule has 0 unspecified atom stereocenters. The van der Waals surface area contributed by atoms with E-state index in [1.807, 2.05) is 13.0 Å². The Labute approximate surface area is 110 Å². The highest BCUT2D eigenvalue weighted by atomic mass is 16.5. The van der Waals surface area contributed by atoms with E-state index in [4.69, 9.17) is 9.26 Å². The van der Waals surface area contributed by atoms with Crippen molar-refractivity contribution in [3.05, 3.63) is 42.0 Å². The molecule has 0 aliphatic rings. The first-order valence-corrected chi connectivity index (χ1v) is 5.93. The molecule has 0 spiro atoms. The minimum absolute atomic E-state index is 0.159. The standard InChI is InChI=1S/C13H15N3O3/c1-9(18-11-4-3-5-14-7-11)6-15-13(17)12-8-16-19-10(12)2/h3-5,7-9H,6H2,1-2H3,(H,15,17)/t9-/m0/s1. The Bertz CT molecular complexity index is 539. The van der Waals surface area contributed by atoms with Crippen LogP contribution >= 0.6 is 0 Å². The van der Waals surface area contributed by atoms with Gasteiger partial charge in [-0.1, -0.05) is 5.16 Å². The van der Waals surface area contributed by atoms with Gasteiger partial charge in [-0.05, 0) is 26.0 Å². The molecule has 2 aromatic rings. The first-order chi connectivity index (χ1) is 9.16. The van der Waals surface area contributed by atoms with Crippen LogP contribution in [0.1, 0.15) is 23.0 Å². The lowest BCUT2D eigenvalue weighted by atomic mass is 10.2. The fraction of sp³-hybridized carbons (Fsp3) is 0.308. The van der Waals surface area contributed by atoms with Crippen molar-refractivity contribution in [1.29, 1.82) is 0 Å². The summed E-state index contributed by atoms with van der Waals surface area (Å²) in [6, 6.07) is 3.61. The summed E-state index contributed by atoms with van der Waals surface area (Å²) in [6.45, 7) is 3.95. The van der Waals surface area contributed by atoms with E-state index in [9.17, 15) is 4.79 Å². The highest BCUT2D eigenvalue weighted by molar-refractivity contribution is 5.94. The van der Waals surface area contributed by atoms with Crippen molar-refractivity contribution in [3.63, 3.8) is 0 Å². The average Bonchev–Trinajstić information content (AvgIpc) is 2.83. The van der Waals surface area contributed by atoms with Crippen LogP contribution in [0, 0.1) is 6.92 Å². The van der Waals surface area contributed by atoms with Gasteiger partial charge in [-0.15, -0.1) is 0 Å². The number of amides is 1. The lowest BCUT2D eigenvalue weighted by molar-refractivity contribution is 0.0930. The van der Waals surface area contributed by atoms with Crippen molar-refractivity contribution in [3.8, 4) is 5.75 Å². The van der Waals surface area contributed by atoms with Gasteiger partial charge >= 0.3 is 0 Å². The lowest BCUT2D eigenvalue weighted by Gasteiger charge is -2.14. The quantitative estimate of drug-likeness (QED) is 0.884. The maximum atomic E-state index is 11.8. The number of aromatic nitrogens is 2. The molecule has 1 atom stereocenters. The summed E-state index contributed by atoms with van der Waals surface area (Å²) in [4.78, 5) is 15.8. The van der Waals surface area contributed by atoms with Crippen LogP contribution in [0.5, 0.6) is 5.75 Å². The summed E-state index contributed by atoms with van der Waals surface area (Å²) in [5.74, 6) is 0.948. The molecular weight excluding hydrogens is 246 g/mol. The predicted octanol–water partition coefficient (Wildman–Crippen LogP) is 1.58. The van der Waals surface area contributed by atoms with E-state index in [1.165, 1.54) is 6.20 Å². The van der Waals surface area contributed by atoms with Gasteiger partial charge in [0.15, 0.2) is 0 Å². The Morgan fingerprint density at radius 1 is 1.53 bits per heavy atom. The van der Waals surface area contributed by atoms with Gasteiger partial charge in [0.1, 0.15) is 23.2 Å². The monoisotopic (exact) mass is 261 g/mol. The molecule has 2 aromatic heterocycles. The molecule has 2 rings (SSSR count). The number of pyridine rings is 1. The highest BCUT2D eigenvalue weighted by Crippen LogP contribution is 2.09. The Morgan fingerprint density at radius 3 is 3.00 bits per heavy atom. The second-order valence-electron chi connectivity index (χ2n) is 4.12. The van der Waals surface area contributed by atoms with Crippen LogP contribution < -0.4 is 10.1 Å². The zero-order chi connectivity index (χ0) is 13.7. The third-order valence-corrected chi connectivity index (χ3v) is 2.52. The molecule has 0 saturated carbocycles. The van der Waals surface area contributed by atoms with Gasteiger partial charge in [0, 0.05) is 6.20 Å². The first kappa shape index (κ1) is 13.1. The molecule has 0 aromatic carbocycles. The number of aryl methyl sites for hydroxylation is 1. The third kappa shape index (κ3) is 3.54. The van der Waals surface area contributed by atoms with Crippen molar-refractivity contribution in [2.75, 3.05) is 6.54 Å². The zero-order valence-corrected chi connectivity index (χ0v) is 10.8. The number of rotatable bonds is 5. The van der Waals surface area contributed by atoms with Gasteiger partial charge in [-0.3, -0.25) is 9.78 Å². The molecule has 100 valence electrons. The fourth-order valence-electron chi connectivity index (χ4n) is 1.54. The summed E-state index contributed by atoms with van der Waals surface area (Å²) in [6.07, 6.45) is 4.54. The molecule has 1 amide bonds. The minimum Gasteiger partial charge on any atom is -0.487 e. The smallest absolute Gasteiger partial charge is 0.256 e. The van der Waals surface area contributed by atoms with Crippen molar-refractivity contribution in [1.82, 2.24) is 15.5 Å². The number of hydrogen-bond acceptors (Lipinski definition) is 5. The molecular formula is C13H15N3O3. The van der Waals surface area contributed by atoms with E-state index < -0.39 is 0 Å². The Balaban J connectivity index is 1.82. The van der Waals surface area contributed by atoms with Crippen LogP contribution in [0.2, 0.25) is 0 Å². The Hall–Kier alpha value is -2.37. The summed E-state index contributed by atoms with van der Waals surface area (Å²) < 4.78 is 10.4.